The average molecular weight is 387 g/mol. The molecule has 142 valence electrons. The van der Waals surface area contributed by atoms with Crippen LogP contribution in [0.1, 0.15) is 22.3 Å². The third kappa shape index (κ3) is 4.50. The summed E-state index contributed by atoms with van der Waals surface area (Å²) >= 11 is 1.73. The molecular weight excluding hydrogens is 367 g/mol. The topological polar surface area (TPSA) is 61.4 Å². The zero-order chi connectivity index (χ0) is 18.7. The number of nitrogens with zero attached hydrogens (tertiary/aromatic N) is 1. The van der Waals surface area contributed by atoms with Gasteiger partial charge in [-0.05, 0) is 36.6 Å². The van der Waals surface area contributed by atoms with Gasteiger partial charge in [0.05, 0.1) is 17.5 Å². The summed E-state index contributed by atoms with van der Waals surface area (Å²) in [5, 5.41) is 5.93. The van der Waals surface area contributed by atoms with Crippen molar-refractivity contribution in [1.29, 1.82) is 0 Å². The number of nitrogens with one attached hydrogen (secondary N) is 2. The van der Waals surface area contributed by atoms with Crippen molar-refractivity contribution in [1.82, 2.24) is 15.5 Å². The van der Waals surface area contributed by atoms with Gasteiger partial charge in [-0.25, -0.2) is 0 Å². The Hall–Kier alpha value is -1.74. The van der Waals surface area contributed by atoms with Crippen molar-refractivity contribution < 1.29 is 22.8 Å². The Bertz CT molecular complexity index is 660. The van der Waals surface area contributed by atoms with Crippen molar-refractivity contribution in [3.63, 3.8) is 0 Å². The summed E-state index contributed by atoms with van der Waals surface area (Å²) in [4.78, 5) is 26.3. The van der Waals surface area contributed by atoms with Crippen LogP contribution in [0.15, 0.2) is 24.3 Å². The molecule has 2 unspecified atom stereocenters. The lowest BCUT2D eigenvalue weighted by Gasteiger charge is -2.19. The Labute approximate surface area is 153 Å². The molecule has 2 fully saturated rings. The Morgan fingerprint density at radius 2 is 2.00 bits per heavy atom. The number of alkyl halides is 3. The average Bonchev–Trinajstić information content (AvgIpc) is 3.30. The summed E-state index contributed by atoms with van der Waals surface area (Å²) in [5.41, 5.74) is -0.596. The van der Waals surface area contributed by atoms with Gasteiger partial charge in [-0.1, -0.05) is 0 Å². The zero-order valence-corrected chi connectivity index (χ0v) is 14.8. The van der Waals surface area contributed by atoms with Crippen molar-refractivity contribution in [3.05, 3.63) is 35.4 Å². The summed E-state index contributed by atoms with van der Waals surface area (Å²) in [7, 11) is 0. The number of carbonyl (C=O) groups is 2. The summed E-state index contributed by atoms with van der Waals surface area (Å²) in [6.45, 7) is 1.78. The molecule has 2 saturated heterocycles. The van der Waals surface area contributed by atoms with E-state index in [1.54, 1.807) is 11.8 Å². The SMILES string of the molecule is O=C(NCC1CNC(C(=O)N2CCSC2)C1)c1ccc(C(F)(F)F)cc1. The van der Waals surface area contributed by atoms with Crippen LogP contribution in [0.3, 0.4) is 0 Å². The number of rotatable bonds is 4. The van der Waals surface area contributed by atoms with E-state index in [1.165, 1.54) is 12.1 Å². The second-order valence-electron chi connectivity index (χ2n) is 6.49. The lowest BCUT2D eigenvalue weighted by atomic mass is 10.0. The van der Waals surface area contributed by atoms with E-state index in [-0.39, 0.29) is 23.4 Å². The summed E-state index contributed by atoms with van der Waals surface area (Å²) in [6, 6.07) is 3.91. The van der Waals surface area contributed by atoms with Gasteiger partial charge in [-0.2, -0.15) is 13.2 Å². The molecule has 2 heterocycles. The number of thioether (sulfide) groups is 1. The monoisotopic (exact) mass is 387 g/mol. The van der Waals surface area contributed by atoms with E-state index in [9.17, 15) is 22.8 Å². The highest BCUT2D eigenvalue weighted by Crippen LogP contribution is 2.29. The molecule has 2 N–H and O–H groups in total. The number of amides is 2. The molecule has 1 aromatic carbocycles. The minimum absolute atomic E-state index is 0.103. The molecule has 2 aliphatic rings. The van der Waals surface area contributed by atoms with Crippen molar-refractivity contribution in [2.45, 2.75) is 18.6 Å². The Morgan fingerprint density at radius 3 is 2.62 bits per heavy atom. The van der Waals surface area contributed by atoms with Crippen LogP contribution in [0.25, 0.3) is 0 Å². The predicted octanol–water partition coefficient (Wildman–Crippen LogP) is 1.95. The van der Waals surface area contributed by atoms with Crippen LogP contribution in [0.4, 0.5) is 13.2 Å². The Balaban J connectivity index is 1.47. The van der Waals surface area contributed by atoms with Crippen molar-refractivity contribution in [2.24, 2.45) is 5.92 Å². The fourth-order valence-corrected chi connectivity index (χ4v) is 4.07. The molecule has 0 aromatic heterocycles. The molecule has 2 atom stereocenters. The normalized spacial score (nSPS) is 23.3. The van der Waals surface area contributed by atoms with E-state index in [0.29, 0.717) is 19.5 Å². The molecule has 2 aliphatic heterocycles. The molecule has 2 amide bonds. The molecule has 5 nitrogen and oxygen atoms in total. The van der Waals surface area contributed by atoms with E-state index < -0.39 is 17.6 Å². The van der Waals surface area contributed by atoms with Crippen molar-refractivity contribution in [2.75, 3.05) is 31.3 Å². The molecule has 9 heteroatoms. The summed E-state index contributed by atoms with van der Waals surface area (Å²) in [5.74, 6) is 1.51. The molecule has 3 rings (SSSR count). The first-order chi connectivity index (χ1) is 12.3. The maximum atomic E-state index is 12.5. The van der Waals surface area contributed by atoms with E-state index in [4.69, 9.17) is 0 Å². The van der Waals surface area contributed by atoms with Gasteiger partial charge in [0.15, 0.2) is 0 Å². The van der Waals surface area contributed by atoms with Crippen molar-refractivity contribution >= 4 is 23.6 Å². The lowest BCUT2D eigenvalue weighted by Crippen LogP contribution is -2.42. The quantitative estimate of drug-likeness (QED) is 0.829. The van der Waals surface area contributed by atoms with E-state index in [2.05, 4.69) is 10.6 Å². The maximum absolute atomic E-state index is 12.5. The van der Waals surface area contributed by atoms with E-state index >= 15 is 0 Å². The van der Waals surface area contributed by atoms with Crippen LogP contribution in [-0.2, 0) is 11.0 Å². The van der Waals surface area contributed by atoms with E-state index in [0.717, 1.165) is 30.3 Å². The molecule has 26 heavy (non-hydrogen) atoms. The second kappa shape index (κ2) is 7.87. The molecule has 0 aliphatic carbocycles. The van der Waals surface area contributed by atoms with Gasteiger partial charge >= 0.3 is 6.18 Å². The van der Waals surface area contributed by atoms with Crippen LogP contribution < -0.4 is 10.6 Å². The first-order valence-corrected chi connectivity index (χ1v) is 9.55. The number of hydrogen-bond acceptors (Lipinski definition) is 4. The number of hydrogen-bond donors (Lipinski definition) is 2. The van der Waals surface area contributed by atoms with Gasteiger partial charge in [0.1, 0.15) is 0 Å². The molecule has 0 spiro atoms. The third-order valence-electron chi connectivity index (χ3n) is 4.61. The molecule has 1 aromatic rings. The van der Waals surface area contributed by atoms with Crippen molar-refractivity contribution in [3.8, 4) is 0 Å². The highest BCUT2D eigenvalue weighted by Gasteiger charge is 2.33. The largest absolute Gasteiger partial charge is 0.416 e. The maximum Gasteiger partial charge on any atom is 0.416 e. The Kier molecular flexibility index (Phi) is 5.76. The molecule has 0 radical (unpaired) electrons. The standard InChI is InChI=1S/C17H20F3N3O2S/c18-17(19,20)13-3-1-12(2-4-13)15(24)22-9-11-7-14(21-8-11)16(25)23-5-6-26-10-23/h1-4,11,14,21H,5-10H2,(H,22,24). The molecule has 0 saturated carbocycles. The minimum Gasteiger partial charge on any atom is -0.352 e. The zero-order valence-electron chi connectivity index (χ0n) is 14.0. The fraction of sp³-hybridized carbons (Fsp3) is 0.529. The van der Waals surface area contributed by atoms with Gasteiger partial charge in [0, 0.05) is 31.0 Å². The number of benzene rings is 1. The summed E-state index contributed by atoms with van der Waals surface area (Å²) < 4.78 is 37.6. The molecule has 0 bridgehead atoms. The lowest BCUT2D eigenvalue weighted by molar-refractivity contribution is -0.137. The third-order valence-corrected chi connectivity index (χ3v) is 5.58. The smallest absolute Gasteiger partial charge is 0.352 e. The van der Waals surface area contributed by atoms with Gasteiger partial charge in [0.2, 0.25) is 5.91 Å². The van der Waals surface area contributed by atoms with Crippen LogP contribution in [0.2, 0.25) is 0 Å². The van der Waals surface area contributed by atoms with E-state index in [1.807, 2.05) is 4.90 Å². The highest BCUT2D eigenvalue weighted by atomic mass is 32.2. The Morgan fingerprint density at radius 1 is 1.27 bits per heavy atom. The predicted molar refractivity (Wildman–Crippen MR) is 92.7 cm³/mol. The fourth-order valence-electron chi connectivity index (χ4n) is 3.11. The minimum atomic E-state index is -4.42. The first kappa shape index (κ1) is 19.0. The summed E-state index contributed by atoms with van der Waals surface area (Å²) in [6.07, 6.45) is -3.77. The molecular formula is C17H20F3N3O2S. The van der Waals surface area contributed by atoms with Gasteiger partial charge < -0.3 is 15.5 Å². The van der Waals surface area contributed by atoms with Gasteiger partial charge in [0.25, 0.3) is 5.91 Å². The number of halogens is 3. The van der Waals surface area contributed by atoms with Gasteiger partial charge in [-0.3, -0.25) is 9.59 Å². The van der Waals surface area contributed by atoms with Crippen LogP contribution in [0.5, 0.6) is 0 Å². The highest BCUT2D eigenvalue weighted by molar-refractivity contribution is 7.99. The van der Waals surface area contributed by atoms with Gasteiger partial charge in [-0.15, -0.1) is 11.8 Å². The second-order valence-corrected chi connectivity index (χ2v) is 7.56. The van der Waals surface area contributed by atoms with Crippen LogP contribution in [0, 0.1) is 5.92 Å². The first-order valence-electron chi connectivity index (χ1n) is 8.40. The van der Waals surface area contributed by atoms with Crippen LogP contribution in [-0.4, -0.2) is 54.0 Å². The van der Waals surface area contributed by atoms with Crippen LogP contribution >= 0.6 is 11.8 Å². The number of carbonyl (C=O) groups excluding carboxylic acids is 2.